The predicted octanol–water partition coefficient (Wildman–Crippen LogP) is 4.87. The molecule has 170 valence electrons. The Labute approximate surface area is 192 Å². The van der Waals surface area contributed by atoms with Gasteiger partial charge in [0.15, 0.2) is 11.3 Å². The molecule has 1 aliphatic rings. The fraction of sp³-hybridized carbons (Fsp3) is 0.417. The van der Waals surface area contributed by atoms with Crippen molar-refractivity contribution in [3.05, 3.63) is 52.5 Å². The van der Waals surface area contributed by atoms with Gasteiger partial charge in [-0.3, -0.25) is 4.79 Å². The number of halogens is 1. The fourth-order valence-electron chi connectivity index (χ4n) is 4.24. The first-order valence-electron chi connectivity index (χ1n) is 10.9. The van der Waals surface area contributed by atoms with Crippen LogP contribution in [-0.2, 0) is 6.54 Å². The van der Waals surface area contributed by atoms with Gasteiger partial charge in [0.05, 0.1) is 13.2 Å². The molecule has 1 heterocycles. The molecule has 8 heteroatoms. The monoisotopic (exact) mass is 457 g/mol. The van der Waals surface area contributed by atoms with E-state index in [1.807, 2.05) is 24.3 Å². The van der Waals surface area contributed by atoms with Gasteiger partial charge in [0, 0.05) is 29.7 Å². The first-order valence-corrected chi connectivity index (χ1v) is 11.3. The van der Waals surface area contributed by atoms with Crippen molar-refractivity contribution in [3.8, 4) is 5.75 Å². The molecule has 7 nitrogen and oxygen atoms in total. The summed E-state index contributed by atoms with van der Waals surface area (Å²) in [4.78, 5) is 19.7. The molecule has 0 saturated heterocycles. The number of benzene rings is 2. The van der Waals surface area contributed by atoms with Crippen LogP contribution in [0.2, 0.25) is 5.02 Å². The Bertz CT molecular complexity index is 1090. The van der Waals surface area contributed by atoms with Crippen molar-refractivity contribution in [1.82, 2.24) is 9.88 Å². The van der Waals surface area contributed by atoms with Gasteiger partial charge in [-0.25, -0.2) is 0 Å². The van der Waals surface area contributed by atoms with Gasteiger partial charge in [-0.2, -0.15) is 4.98 Å². The van der Waals surface area contributed by atoms with E-state index in [4.69, 9.17) is 20.8 Å². The quantitative estimate of drug-likeness (QED) is 0.502. The average Bonchev–Trinajstić information content (AvgIpc) is 3.44. The number of aromatic nitrogens is 1. The van der Waals surface area contributed by atoms with E-state index in [1.54, 1.807) is 24.0 Å². The second kappa shape index (κ2) is 9.79. The third kappa shape index (κ3) is 5.00. The molecule has 1 aromatic heterocycles. The van der Waals surface area contributed by atoms with Gasteiger partial charge in [0.1, 0.15) is 5.52 Å². The molecule has 1 amide bonds. The molecule has 2 aromatic carbocycles. The van der Waals surface area contributed by atoms with E-state index in [9.17, 15) is 9.90 Å². The number of carbonyl (C=O) groups is 1. The minimum atomic E-state index is -0.598. The molecule has 1 saturated carbocycles. The smallest absolute Gasteiger partial charge is 0.296 e. The van der Waals surface area contributed by atoms with Crippen molar-refractivity contribution < 1.29 is 19.1 Å². The fourth-order valence-corrected chi connectivity index (χ4v) is 4.45. The lowest BCUT2D eigenvalue weighted by molar-refractivity contribution is 0.0546. The van der Waals surface area contributed by atoms with Crippen molar-refractivity contribution >= 4 is 34.6 Å². The lowest BCUT2D eigenvalue weighted by Crippen LogP contribution is -2.42. The highest BCUT2D eigenvalue weighted by Crippen LogP contribution is 2.32. The van der Waals surface area contributed by atoms with Gasteiger partial charge in [0.2, 0.25) is 0 Å². The number of hydrogen-bond donors (Lipinski definition) is 2. The zero-order valence-corrected chi connectivity index (χ0v) is 19.1. The molecule has 0 bridgehead atoms. The molecular weight excluding hydrogens is 430 g/mol. The second-order valence-corrected chi connectivity index (χ2v) is 8.71. The minimum absolute atomic E-state index is 0.130. The van der Waals surface area contributed by atoms with Crippen molar-refractivity contribution in [1.29, 1.82) is 0 Å². The van der Waals surface area contributed by atoms with Crippen LogP contribution in [-0.4, -0.2) is 46.7 Å². The van der Waals surface area contributed by atoms with Crippen molar-refractivity contribution in [2.45, 2.75) is 51.3 Å². The van der Waals surface area contributed by atoms with Crippen LogP contribution in [0.5, 0.6) is 5.75 Å². The molecule has 0 radical (unpaired) electrons. The molecule has 0 spiro atoms. The summed E-state index contributed by atoms with van der Waals surface area (Å²) in [6.45, 7) is 2.49. The Morgan fingerprint density at radius 1 is 1.34 bits per heavy atom. The predicted molar refractivity (Wildman–Crippen MR) is 124 cm³/mol. The Balaban J connectivity index is 1.60. The Hall–Kier alpha value is -2.77. The topological polar surface area (TPSA) is 87.8 Å². The largest absolute Gasteiger partial charge is 0.493 e. The van der Waals surface area contributed by atoms with Crippen LogP contribution in [0.3, 0.4) is 0 Å². The first-order chi connectivity index (χ1) is 15.4. The normalized spacial score (nSPS) is 15.1. The molecule has 2 N–H and O–H groups in total. The zero-order valence-electron chi connectivity index (χ0n) is 18.3. The highest BCUT2D eigenvalue weighted by Gasteiger charge is 2.29. The maximum atomic E-state index is 13.4. The minimum Gasteiger partial charge on any atom is -0.493 e. The summed E-state index contributed by atoms with van der Waals surface area (Å²) in [7, 11) is 1.54. The van der Waals surface area contributed by atoms with E-state index in [2.05, 4.69) is 10.3 Å². The molecule has 1 aliphatic carbocycles. The van der Waals surface area contributed by atoms with E-state index in [0.717, 1.165) is 31.2 Å². The van der Waals surface area contributed by atoms with Crippen LogP contribution in [0.15, 0.2) is 40.8 Å². The van der Waals surface area contributed by atoms with E-state index in [1.165, 1.54) is 7.11 Å². The number of oxazole rings is 1. The van der Waals surface area contributed by atoms with Gasteiger partial charge < -0.3 is 24.5 Å². The number of ether oxygens (including phenoxy) is 1. The molecule has 3 aromatic rings. The number of nitrogens with zero attached hydrogens (tertiary/aromatic N) is 2. The van der Waals surface area contributed by atoms with Gasteiger partial charge in [-0.05, 0) is 49.6 Å². The number of aliphatic hydroxyl groups excluding tert-OH is 1. The standard InChI is InChI=1S/C24H28ClN3O4/c1-15(29)14-28(19-8-3-4-9-19)23(30)17-11-20-22(21(12-17)31-2)32-24(27-20)26-13-16-6-5-7-18(25)10-16/h5-7,10-12,15,19,29H,3-4,8-9,13-14H2,1-2H3,(H,26,27). The maximum absolute atomic E-state index is 13.4. The van der Waals surface area contributed by atoms with Crippen LogP contribution in [0.25, 0.3) is 11.1 Å². The molecule has 1 unspecified atom stereocenters. The highest BCUT2D eigenvalue weighted by atomic mass is 35.5. The number of fused-ring (bicyclic) bond motifs is 1. The molecule has 4 rings (SSSR count). The molecular formula is C24H28ClN3O4. The van der Waals surface area contributed by atoms with Gasteiger partial charge >= 0.3 is 0 Å². The summed E-state index contributed by atoms with van der Waals surface area (Å²) in [5, 5.41) is 13.8. The number of methoxy groups -OCH3 is 1. The summed E-state index contributed by atoms with van der Waals surface area (Å²) in [6, 6.07) is 11.4. The number of hydrogen-bond acceptors (Lipinski definition) is 6. The van der Waals surface area contributed by atoms with Crippen molar-refractivity contribution in [2.75, 3.05) is 19.0 Å². The average molecular weight is 458 g/mol. The third-order valence-electron chi connectivity index (χ3n) is 5.74. The number of amides is 1. The second-order valence-electron chi connectivity index (χ2n) is 8.27. The van der Waals surface area contributed by atoms with Gasteiger partial charge in [0.25, 0.3) is 11.9 Å². The van der Waals surface area contributed by atoms with Crippen LogP contribution in [0.4, 0.5) is 6.01 Å². The summed E-state index contributed by atoms with van der Waals surface area (Å²) >= 11 is 6.05. The van der Waals surface area contributed by atoms with Crippen LogP contribution < -0.4 is 10.1 Å². The lowest BCUT2D eigenvalue weighted by Gasteiger charge is -2.30. The first kappa shape index (κ1) is 22.4. The van der Waals surface area contributed by atoms with E-state index < -0.39 is 6.10 Å². The van der Waals surface area contributed by atoms with E-state index >= 15 is 0 Å². The van der Waals surface area contributed by atoms with E-state index in [0.29, 0.717) is 46.5 Å². The number of carbonyl (C=O) groups excluding carboxylic acids is 1. The summed E-state index contributed by atoms with van der Waals surface area (Å²) in [5.41, 5.74) is 2.47. The highest BCUT2D eigenvalue weighted by molar-refractivity contribution is 6.30. The number of nitrogens with one attached hydrogen (secondary N) is 1. The maximum Gasteiger partial charge on any atom is 0.296 e. The Kier molecular flexibility index (Phi) is 6.86. The molecule has 1 fully saturated rings. The van der Waals surface area contributed by atoms with Crippen LogP contribution in [0, 0.1) is 0 Å². The molecule has 1 atom stereocenters. The third-order valence-corrected chi connectivity index (χ3v) is 5.98. The van der Waals surface area contributed by atoms with Crippen LogP contribution >= 0.6 is 11.6 Å². The Morgan fingerprint density at radius 3 is 2.81 bits per heavy atom. The number of anilines is 1. The lowest BCUT2D eigenvalue weighted by atomic mass is 10.1. The van der Waals surface area contributed by atoms with E-state index in [-0.39, 0.29) is 11.9 Å². The molecule has 32 heavy (non-hydrogen) atoms. The SMILES string of the molecule is COc1cc(C(=O)N(CC(C)O)C2CCCC2)cc2nc(NCc3cccc(Cl)c3)oc12. The summed E-state index contributed by atoms with van der Waals surface area (Å²) in [6.07, 6.45) is 3.52. The van der Waals surface area contributed by atoms with Gasteiger partial charge in [-0.15, -0.1) is 0 Å². The zero-order chi connectivity index (χ0) is 22.7. The summed E-state index contributed by atoms with van der Waals surface area (Å²) < 4.78 is 11.4. The van der Waals surface area contributed by atoms with Crippen molar-refractivity contribution in [2.24, 2.45) is 0 Å². The number of aliphatic hydroxyl groups is 1. The Morgan fingerprint density at radius 2 is 2.12 bits per heavy atom. The van der Waals surface area contributed by atoms with Crippen molar-refractivity contribution in [3.63, 3.8) is 0 Å². The summed E-state index contributed by atoms with van der Waals surface area (Å²) in [5.74, 6) is 0.312. The number of rotatable bonds is 8. The van der Waals surface area contributed by atoms with Gasteiger partial charge in [-0.1, -0.05) is 36.6 Å². The van der Waals surface area contributed by atoms with Crippen LogP contribution in [0.1, 0.15) is 48.5 Å². The molecule has 0 aliphatic heterocycles.